The third-order valence-corrected chi connectivity index (χ3v) is 6.77. The number of hydrogen-bond donors (Lipinski definition) is 1. The van der Waals surface area contributed by atoms with Crippen molar-refractivity contribution in [2.75, 3.05) is 23.3 Å². The van der Waals surface area contributed by atoms with Crippen LogP contribution in [-0.4, -0.2) is 43.5 Å². The molecule has 0 aliphatic rings. The van der Waals surface area contributed by atoms with Gasteiger partial charge in [-0.1, -0.05) is 28.2 Å². The van der Waals surface area contributed by atoms with E-state index < -0.39 is 21.9 Å². The van der Waals surface area contributed by atoms with Gasteiger partial charge in [0.25, 0.3) is 15.9 Å². The van der Waals surface area contributed by atoms with Gasteiger partial charge in [-0.05, 0) is 43.3 Å². The topological polar surface area (TPSA) is 119 Å². The number of ether oxygens (including phenoxy) is 1. The van der Waals surface area contributed by atoms with Gasteiger partial charge in [-0.25, -0.2) is 13.2 Å². The number of halogens is 1. The molecule has 1 heterocycles. The lowest BCUT2D eigenvalue weighted by molar-refractivity contribution is 0.0520. The third kappa shape index (κ3) is 5.01. The van der Waals surface area contributed by atoms with Gasteiger partial charge in [-0.3, -0.25) is 9.10 Å². The van der Waals surface area contributed by atoms with Crippen molar-refractivity contribution in [1.82, 2.24) is 9.59 Å². The van der Waals surface area contributed by atoms with Crippen molar-refractivity contribution in [2.24, 2.45) is 0 Å². The number of nitrogens with one attached hydrogen (secondary N) is 1. The SMILES string of the molecule is CCOC(=O)c1nnsc1NC(=O)c1cccc(S(=O)(=O)N(C)c2cccc(Cl)c2)c1. The van der Waals surface area contributed by atoms with Crippen molar-refractivity contribution in [1.29, 1.82) is 0 Å². The summed E-state index contributed by atoms with van der Waals surface area (Å²) in [5.74, 6) is -1.34. The Bertz CT molecular complexity index is 1230. The summed E-state index contributed by atoms with van der Waals surface area (Å²) < 4.78 is 35.6. The number of benzene rings is 2. The van der Waals surface area contributed by atoms with E-state index in [2.05, 4.69) is 14.9 Å². The molecule has 31 heavy (non-hydrogen) atoms. The number of carbonyl (C=O) groups is 2. The fourth-order valence-electron chi connectivity index (χ4n) is 2.55. The van der Waals surface area contributed by atoms with Crippen molar-refractivity contribution < 1.29 is 22.7 Å². The van der Waals surface area contributed by atoms with Crippen LogP contribution in [-0.2, 0) is 14.8 Å². The van der Waals surface area contributed by atoms with Gasteiger partial charge in [0.05, 0.1) is 17.2 Å². The third-order valence-electron chi connectivity index (χ3n) is 4.11. The number of anilines is 2. The Labute approximate surface area is 187 Å². The Balaban J connectivity index is 1.85. The number of esters is 1. The molecule has 2 aromatic carbocycles. The van der Waals surface area contributed by atoms with Gasteiger partial charge in [0, 0.05) is 29.2 Å². The minimum atomic E-state index is -3.96. The number of carbonyl (C=O) groups excluding carboxylic acids is 2. The largest absolute Gasteiger partial charge is 0.461 e. The Morgan fingerprint density at radius 2 is 1.94 bits per heavy atom. The summed E-state index contributed by atoms with van der Waals surface area (Å²) in [4.78, 5) is 24.5. The lowest BCUT2D eigenvalue weighted by Gasteiger charge is -2.20. The molecule has 0 atom stereocenters. The van der Waals surface area contributed by atoms with E-state index in [9.17, 15) is 18.0 Å². The number of rotatable bonds is 7. The van der Waals surface area contributed by atoms with E-state index in [4.69, 9.17) is 16.3 Å². The Kier molecular flexibility index (Phi) is 6.88. The molecular weight excluding hydrogens is 464 g/mol. The Morgan fingerprint density at radius 3 is 2.65 bits per heavy atom. The summed E-state index contributed by atoms with van der Waals surface area (Å²) in [6.45, 7) is 1.78. The highest BCUT2D eigenvalue weighted by Gasteiger charge is 2.24. The van der Waals surface area contributed by atoms with E-state index >= 15 is 0 Å². The van der Waals surface area contributed by atoms with Gasteiger partial charge >= 0.3 is 5.97 Å². The molecule has 3 aromatic rings. The number of nitrogens with zero attached hydrogens (tertiary/aromatic N) is 3. The van der Waals surface area contributed by atoms with E-state index in [0.717, 1.165) is 15.8 Å². The summed E-state index contributed by atoms with van der Waals surface area (Å²) in [7, 11) is -2.57. The van der Waals surface area contributed by atoms with Crippen LogP contribution in [0.2, 0.25) is 5.02 Å². The number of sulfonamides is 1. The predicted octanol–water partition coefficient (Wildman–Crippen LogP) is 3.45. The second kappa shape index (κ2) is 9.41. The number of hydrogen-bond acceptors (Lipinski definition) is 8. The zero-order chi connectivity index (χ0) is 22.6. The molecule has 0 radical (unpaired) electrons. The number of amides is 1. The van der Waals surface area contributed by atoms with Gasteiger partial charge in [-0.2, -0.15) is 0 Å². The Hall–Kier alpha value is -3.02. The van der Waals surface area contributed by atoms with Crippen LogP contribution in [0.3, 0.4) is 0 Å². The molecule has 0 saturated carbocycles. The molecule has 162 valence electrons. The quantitative estimate of drug-likeness (QED) is 0.514. The highest BCUT2D eigenvalue weighted by atomic mass is 35.5. The lowest BCUT2D eigenvalue weighted by atomic mass is 10.2. The summed E-state index contributed by atoms with van der Waals surface area (Å²) in [6.07, 6.45) is 0. The highest BCUT2D eigenvalue weighted by Crippen LogP contribution is 2.26. The van der Waals surface area contributed by atoms with Crippen LogP contribution in [0, 0.1) is 0 Å². The standard InChI is InChI=1S/C19H17ClN4O5S2/c1-3-29-19(26)16-18(30-23-22-16)21-17(25)12-6-4-9-15(10-12)31(27,28)24(2)14-8-5-7-13(20)11-14/h4-11H,3H2,1-2H3,(H,21,25). The predicted molar refractivity (Wildman–Crippen MR) is 117 cm³/mol. The fourth-order valence-corrected chi connectivity index (χ4v) is 4.52. The second-order valence-corrected chi connectivity index (χ2v) is 9.27. The molecule has 1 amide bonds. The van der Waals surface area contributed by atoms with Crippen molar-refractivity contribution in [3.05, 3.63) is 64.8 Å². The average molecular weight is 481 g/mol. The first kappa shape index (κ1) is 22.7. The van der Waals surface area contributed by atoms with Crippen LogP contribution >= 0.6 is 23.1 Å². The lowest BCUT2D eigenvalue weighted by Crippen LogP contribution is -2.27. The number of aromatic nitrogens is 2. The van der Waals surface area contributed by atoms with Crippen LogP contribution in [0.15, 0.2) is 53.4 Å². The van der Waals surface area contributed by atoms with Crippen LogP contribution in [0.5, 0.6) is 0 Å². The Morgan fingerprint density at radius 1 is 1.19 bits per heavy atom. The zero-order valence-corrected chi connectivity index (χ0v) is 18.8. The second-order valence-electron chi connectivity index (χ2n) is 6.11. The first-order valence-corrected chi connectivity index (χ1v) is 11.5. The molecule has 0 spiro atoms. The zero-order valence-electron chi connectivity index (χ0n) is 16.4. The summed E-state index contributed by atoms with van der Waals surface area (Å²) in [6, 6.07) is 11.9. The van der Waals surface area contributed by atoms with Crippen molar-refractivity contribution >= 4 is 55.7 Å². The molecule has 1 aromatic heterocycles. The maximum atomic E-state index is 13.0. The molecule has 0 unspecified atom stereocenters. The monoisotopic (exact) mass is 480 g/mol. The van der Waals surface area contributed by atoms with Gasteiger partial charge in [0.1, 0.15) is 0 Å². The van der Waals surface area contributed by atoms with Crippen LogP contribution in [0.25, 0.3) is 0 Å². The maximum absolute atomic E-state index is 13.0. The maximum Gasteiger partial charge on any atom is 0.362 e. The summed E-state index contributed by atoms with van der Waals surface area (Å²) in [5.41, 5.74) is 0.325. The highest BCUT2D eigenvalue weighted by molar-refractivity contribution is 7.92. The molecule has 0 saturated heterocycles. The van der Waals surface area contributed by atoms with E-state index in [1.807, 2.05) is 0 Å². The van der Waals surface area contributed by atoms with Crippen molar-refractivity contribution in [2.45, 2.75) is 11.8 Å². The summed E-state index contributed by atoms with van der Waals surface area (Å²) in [5, 5.41) is 6.69. The van der Waals surface area contributed by atoms with Gasteiger partial charge in [0.2, 0.25) is 5.69 Å². The minimum absolute atomic E-state index is 0.0729. The molecule has 0 bridgehead atoms. The van der Waals surface area contributed by atoms with Gasteiger partial charge < -0.3 is 10.1 Å². The van der Waals surface area contributed by atoms with Crippen LogP contribution in [0.4, 0.5) is 10.7 Å². The van der Waals surface area contributed by atoms with Crippen LogP contribution < -0.4 is 9.62 Å². The molecule has 0 fully saturated rings. The van der Waals surface area contributed by atoms with Gasteiger partial charge in [0.15, 0.2) is 5.00 Å². The molecule has 1 N–H and O–H groups in total. The first-order valence-electron chi connectivity index (χ1n) is 8.89. The summed E-state index contributed by atoms with van der Waals surface area (Å²) >= 11 is 6.76. The smallest absolute Gasteiger partial charge is 0.362 e. The average Bonchev–Trinajstić information content (AvgIpc) is 3.21. The minimum Gasteiger partial charge on any atom is -0.461 e. The molecule has 0 aliphatic carbocycles. The van der Waals surface area contributed by atoms with E-state index in [-0.39, 0.29) is 27.8 Å². The first-order chi connectivity index (χ1) is 14.7. The molecular formula is C19H17ClN4O5S2. The normalized spacial score (nSPS) is 11.1. The van der Waals surface area contributed by atoms with Crippen molar-refractivity contribution in [3.8, 4) is 0 Å². The van der Waals surface area contributed by atoms with Gasteiger partial charge in [-0.15, -0.1) is 5.10 Å². The molecule has 0 aliphatic heterocycles. The molecule has 9 nitrogen and oxygen atoms in total. The fraction of sp³-hybridized carbons (Fsp3) is 0.158. The van der Waals surface area contributed by atoms with E-state index in [0.29, 0.717) is 10.7 Å². The molecule has 3 rings (SSSR count). The molecule has 12 heteroatoms. The van der Waals surface area contributed by atoms with Crippen LogP contribution in [0.1, 0.15) is 27.8 Å². The van der Waals surface area contributed by atoms with E-state index in [1.54, 1.807) is 25.1 Å². The van der Waals surface area contributed by atoms with Crippen molar-refractivity contribution in [3.63, 3.8) is 0 Å². The van der Waals surface area contributed by atoms with E-state index in [1.165, 1.54) is 37.4 Å².